The number of benzene rings is 1. The molecule has 1 aromatic rings. The van der Waals surface area contributed by atoms with Crippen LogP contribution in [0.3, 0.4) is 0 Å². The van der Waals surface area contributed by atoms with E-state index in [0.717, 1.165) is 11.5 Å². The highest BCUT2D eigenvalue weighted by Gasteiger charge is 2.35. The molecule has 98 valence electrons. The van der Waals surface area contributed by atoms with E-state index < -0.39 is 0 Å². The minimum absolute atomic E-state index is 0.259. The van der Waals surface area contributed by atoms with Crippen LogP contribution >= 0.6 is 0 Å². The molecule has 2 heterocycles. The summed E-state index contributed by atoms with van der Waals surface area (Å²) in [5.41, 5.74) is 0. The molecule has 0 aliphatic carbocycles. The minimum Gasteiger partial charge on any atom is -0.491 e. The number of hydrogen-bond donors (Lipinski definition) is 0. The normalized spacial score (nSPS) is 33.0. The summed E-state index contributed by atoms with van der Waals surface area (Å²) in [6.07, 6.45) is 1.20. The zero-order valence-corrected chi connectivity index (χ0v) is 10.7. The molecule has 4 atom stereocenters. The fourth-order valence-electron chi connectivity index (χ4n) is 1.80. The first-order valence-electron chi connectivity index (χ1n) is 6.39. The van der Waals surface area contributed by atoms with E-state index in [0.29, 0.717) is 25.4 Å². The molecular formula is C14H18O4. The van der Waals surface area contributed by atoms with Gasteiger partial charge in [0.05, 0.1) is 12.2 Å². The van der Waals surface area contributed by atoms with Gasteiger partial charge < -0.3 is 18.9 Å². The lowest BCUT2D eigenvalue weighted by atomic mass is 10.3. The lowest BCUT2D eigenvalue weighted by Gasteiger charge is -2.07. The molecule has 0 saturated carbocycles. The molecule has 4 unspecified atom stereocenters. The summed E-state index contributed by atoms with van der Waals surface area (Å²) >= 11 is 0. The molecule has 2 aliphatic rings. The third kappa shape index (κ3) is 2.94. The largest absolute Gasteiger partial charge is 0.491 e. The molecule has 2 saturated heterocycles. The van der Waals surface area contributed by atoms with Crippen LogP contribution in [-0.4, -0.2) is 37.6 Å². The van der Waals surface area contributed by atoms with Crippen molar-refractivity contribution >= 4 is 0 Å². The molecule has 4 heteroatoms. The lowest BCUT2D eigenvalue weighted by Crippen LogP contribution is -2.07. The maximum Gasteiger partial charge on any atom is 0.119 e. The Morgan fingerprint density at radius 3 is 1.44 bits per heavy atom. The summed E-state index contributed by atoms with van der Waals surface area (Å²) in [6.45, 7) is 5.33. The van der Waals surface area contributed by atoms with Crippen LogP contribution in [0.25, 0.3) is 0 Å². The predicted octanol–water partition coefficient (Wildman–Crippen LogP) is 2.02. The van der Waals surface area contributed by atoms with E-state index in [2.05, 4.69) is 0 Å². The minimum atomic E-state index is 0.259. The van der Waals surface area contributed by atoms with Crippen LogP contribution in [0.2, 0.25) is 0 Å². The Kier molecular flexibility index (Phi) is 3.14. The molecular weight excluding hydrogens is 232 g/mol. The maximum absolute atomic E-state index is 5.61. The van der Waals surface area contributed by atoms with Crippen LogP contribution in [0.1, 0.15) is 13.8 Å². The molecule has 0 radical (unpaired) electrons. The summed E-state index contributed by atoms with van der Waals surface area (Å²) < 4.78 is 21.8. The summed E-state index contributed by atoms with van der Waals surface area (Å²) in [5, 5.41) is 0. The average molecular weight is 250 g/mol. The Morgan fingerprint density at radius 2 is 1.17 bits per heavy atom. The summed E-state index contributed by atoms with van der Waals surface area (Å²) in [7, 11) is 0. The molecule has 2 fully saturated rings. The predicted molar refractivity (Wildman–Crippen MR) is 66.1 cm³/mol. The lowest BCUT2D eigenvalue weighted by molar-refractivity contribution is 0.255. The summed E-state index contributed by atoms with van der Waals surface area (Å²) in [5.74, 6) is 1.70. The van der Waals surface area contributed by atoms with Crippen molar-refractivity contribution in [2.75, 3.05) is 13.2 Å². The summed E-state index contributed by atoms with van der Waals surface area (Å²) in [6, 6.07) is 7.66. The third-order valence-corrected chi connectivity index (χ3v) is 3.33. The molecule has 0 bridgehead atoms. The highest BCUT2D eigenvalue weighted by atomic mass is 16.6. The van der Waals surface area contributed by atoms with Crippen LogP contribution < -0.4 is 9.47 Å². The third-order valence-electron chi connectivity index (χ3n) is 3.33. The van der Waals surface area contributed by atoms with Crippen LogP contribution in [-0.2, 0) is 9.47 Å². The van der Waals surface area contributed by atoms with Gasteiger partial charge in [-0.05, 0) is 38.1 Å². The van der Waals surface area contributed by atoms with Gasteiger partial charge in [0.1, 0.15) is 36.9 Å². The average Bonchev–Trinajstić information content (AvgIpc) is 3.26. The van der Waals surface area contributed by atoms with Crippen molar-refractivity contribution in [2.24, 2.45) is 0 Å². The van der Waals surface area contributed by atoms with Gasteiger partial charge >= 0.3 is 0 Å². The molecule has 2 aliphatic heterocycles. The molecule has 0 N–H and O–H groups in total. The number of rotatable bonds is 6. The van der Waals surface area contributed by atoms with E-state index >= 15 is 0 Å². The van der Waals surface area contributed by atoms with Crippen LogP contribution in [0.5, 0.6) is 11.5 Å². The first-order valence-corrected chi connectivity index (χ1v) is 6.39. The highest BCUT2D eigenvalue weighted by Crippen LogP contribution is 2.25. The first kappa shape index (κ1) is 11.8. The van der Waals surface area contributed by atoms with Crippen molar-refractivity contribution in [3.63, 3.8) is 0 Å². The Hall–Kier alpha value is -1.26. The fraction of sp³-hybridized carbons (Fsp3) is 0.571. The molecule has 1 aromatic carbocycles. The van der Waals surface area contributed by atoms with Gasteiger partial charge in [-0.3, -0.25) is 0 Å². The number of hydrogen-bond acceptors (Lipinski definition) is 4. The summed E-state index contributed by atoms with van der Waals surface area (Å²) in [4.78, 5) is 0. The Morgan fingerprint density at radius 1 is 0.833 bits per heavy atom. The van der Waals surface area contributed by atoms with Crippen LogP contribution in [0.4, 0.5) is 0 Å². The molecule has 0 spiro atoms. The standard InChI is InChI=1S/C14H18O4/c1-9-13(17-9)7-15-11-3-5-12(6-4-11)16-8-14-10(2)18-14/h3-6,9-10,13-14H,7-8H2,1-2H3. The van der Waals surface area contributed by atoms with Gasteiger partial charge in [-0.1, -0.05) is 0 Å². The van der Waals surface area contributed by atoms with Crippen LogP contribution in [0, 0.1) is 0 Å². The second-order valence-electron chi connectivity index (χ2n) is 4.85. The van der Waals surface area contributed by atoms with Gasteiger partial charge in [-0.2, -0.15) is 0 Å². The molecule has 3 rings (SSSR count). The monoisotopic (exact) mass is 250 g/mol. The van der Waals surface area contributed by atoms with Crippen molar-refractivity contribution in [1.29, 1.82) is 0 Å². The second kappa shape index (κ2) is 4.78. The number of epoxide rings is 2. The zero-order valence-electron chi connectivity index (χ0n) is 10.7. The quantitative estimate of drug-likeness (QED) is 0.724. The van der Waals surface area contributed by atoms with Gasteiger partial charge in [0.25, 0.3) is 0 Å². The van der Waals surface area contributed by atoms with E-state index in [1.165, 1.54) is 0 Å². The molecule has 18 heavy (non-hydrogen) atoms. The fourth-order valence-corrected chi connectivity index (χ4v) is 1.80. The van der Waals surface area contributed by atoms with Gasteiger partial charge in [0, 0.05) is 0 Å². The van der Waals surface area contributed by atoms with Gasteiger partial charge in [0.15, 0.2) is 0 Å². The molecule has 0 aromatic heterocycles. The first-order chi connectivity index (χ1) is 8.72. The van der Waals surface area contributed by atoms with E-state index in [1.54, 1.807) is 0 Å². The highest BCUT2D eigenvalue weighted by molar-refractivity contribution is 5.31. The number of ether oxygens (including phenoxy) is 4. The zero-order chi connectivity index (χ0) is 12.5. The van der Waals surface area contributed by atoms with Crippen molar-refractivity contribution in [3.05, 3.63) is 24.3 Å². The SMILES string of the molecule is CC1OC1COc1ccc(OCC2OC2C)cc1. The van der Waals surface area contributed by atoms with Crippen molar-refractivity contribution in [2.45, 2.75) is 38.3 Å². The topological polar surface area (TPSA) is 43.5 Å². The van der Waals surface area contributed by atoms with Crippen molar-refractivity contribution < 1.29 is 18.9 Å². The van der Waals surface area contributed by atoms with E-state index in [-0.39, 0.29) is 12.2 Å². The van der Waals surface area contributed by atoms with Gasteiger partial charge in [-0.15, -0.1) is 0 Å². The Labute approximate surface area is 107 Å². The van der Waals surface area contributed by atoms with Crippen molar-refractivity contribution in [1.82, 2.24) is 0 Å². The van der Waals surface area contributed by atoms with E-state index in [4.69, 9.17) is 18.9 Å². The second-order valence-corrected chi connectivity index (χ2v) is 4.85. The van der Waals surface area contributed by atoms with E-state index in [9.17, 15) is 0 Å². The van der Waals surface area contributed by atoms with E-state index in [1.807, 2.05) is 38.1 Å². The Balaban J connectivity index is 1.43. The molecule has 0 amide bonds. The Bertz CT molecular complexity index is 364. The maximum atomic E-state index is 5.61. The van der Waals surface area contributed by atoms with Crippen LogP contribution in [0.15, 0.2) is 24.3 Å². The van der Waals surface area contributed by atoms with Gasteiger partial charge in [-0.25, -0.2) is 0 Å². The van der Waals surface area contributed by atoms with Gasteiger partial charge in [0.2, 0.25) is 0 Å². The molecule has 4 nitrogen and oxygen atoms in total. The van der Waals surface area contributed by atoms with Crippen molar-refractivity contribution in [3.8, 4) is 11.5 Å². The smallest absolute Gasteiger partial charge is 0.119 e.